The number of rotatable bonds is 4. The molecule has 120 valence electrons. The number of aryl methyl sites for hydroxylation is 1. The molecule has 0 aliphatic carbocycles. The van der Waals surface area contributed by atoms with Gasteiger partial charge in [0, 0.05) is 29.2 Å². The first-order chi connectivity index (χ1) is 11.6. The van der Waals surface area contributed by atoms with Crippen LogP contribution in [0.3, 0.4) is 0 Å². The number of nitriles is 1. The van der Waals surface area contributed by atoms with E-state index in [2.05, 4.69) is 0 Å². The fourth-order valence-corrected chi connectivity index (χ4v) is 3.86. The third kappa shape index (κ3) is 2.72. The average molecular weight is 336 g/mol. The quantitative estimate of drug-likeness (QED) is 0.677. The van der Waals surface area contributed by atoms with Crippen molar-refractivity contribution in [3.05, 3.63) is 71.3 Å². The lowest BCUT2D eigenvalue weighted by atomic mass is 10.1. The minimum atomic E-state index is -3.82. The van der Waals surface area contributed by atoms with Crippen molar-refractivity contribution in [1.29, 1.82) is 5.26 Å². The molecule has 0 amide bonds. The van der Waals surface area contributed by atoms with Gasteiger partial charge in [-0.05, 0) is 31.2 Å². The first-order valence-electron chi connectivity index (χ1n) is 7.57. The number of hydrogen-bond acceptors (Lipinski definition) is 3. The summed E-state index contributed by atoms with van der Waals surface area (Å²) in [6, 6.07) is 17.6. The largest absolute Gasteiger partial charge is 0.347 e. The third-order valence-electron chi connectivity index (χ3n) is 3.90. The normalized spacial score (nSPS) is 12.2. The zero-order valence-electron chi connectivity index (χ0n) is 13.2. The van der Waals surface area contributed by atoms with Crippen molar-refractivity contribution in [3.63, 3.8) is 0 Å². The van der Waals surface area contributed by atoms with Crippen molar-refractivity contribution < 1.29 is 8.42 Å². The molecular formula is C19H16N2O2S. The lowest BCUT2D eigenvalue weighted by molar-refractivity contribution is 0.603. The molecule has 0 saturated heterocycles. The Bertz CT molecular complexity index is 1060. The minimum absolute atomic E-state index is 0.122. The smallest absolute Gasteiger partial charge is 0.216 e. The summed E-state index contributed by atoms with van der Waals surface area (Å²) in [5, 5.41) is 10.3. The van der Waals surface area contributed by atoms with Gasteiger partial charge in [-0.15, -0.1) is 0 Å². The van der Waals surface area contributed by atoms with Crippen LogP contribution in [-0.2, 0) is 16.4 Å². The first kappa shape index (κ1) is 16.0. The number of nitrogens with zero attached hydrogens (tertiary/aromatic N) is 2. The molecule has 0 atom stereocenters. The van der Waals surface area contributed by atoms with Crippen LogP contribution in [-0.4, -0.2) is 13.0 Å². The number of allylic oxidation sites excluding steroid dienone is 1. The fourth-order valence-electron chi connectivity index (χ4n) is 2.69. The maximum absolute atomic E-state index is 12.7. The SMILES string of the molecule is CCn1cc(/C=C(\C#N)S(=O)(=O)c2ccccc2)c2ccccc21. The van der Waals surface area contributed by atoms with Crippen LogP contribution >= 0.6 is 0 Å². The van der Waals surface area contributed by atoms with Crippen molar-refractivity contribution in [2.45, 2.75) is 18.4 Å². The highest BCUT2D eigenvalue weighted by molar-refractivity contribution is 7.95. The summed E-state index contributed by atoms with van der Waals surface area (Å²) in [5.41, 5.74) is 1.74. The molecule has 0 aliphatic heterocycles. The minimum Gasteiger partial charge on any atom is -0.347 e. The molecule has 0 spiro atoms. The van der Waals surface area contributed by atoms with Gasteiger partial charge in [0.05, 0.1) is 4.90 Å². The standard InChI is InChI=1S/C19H16N2O2S/c1-2-21-14-15(18-10-6-7-11-19(18)21)12-17(13-20)24(22,23)16-8-4-3-5-9-16/h3-12,14H,2H2,1H3/b17-12+. The van der Waals surface area contributed by atoms with Crippen molar-refractivity contribution in [2.75, 3.05) is 0 Å². The summed E-state index contributed by atoms with van der Waals surface area (Å²) >= 11 is 0. The maximum atomic E-state index is 12.7. The average Bonchev–Trinajstić information content (AvgIpc) is 2.98. The van der Waals surface area contributed by atoms with Gasteiger partial charge in [0.25, 0.3) is 0 Å². The van der Waals surface area contributed by atoms with Gasteiger partial charge >= 0.3 is 0 Å². The van der Waals surface area contributed by atoms with E-state index in [1.54, 1.807) is 18.2 Å². The summed E-state index contributed by atoms with van der Waals surface area (Å²) in [6.07, 6.45) is 3.33. The Morgan fingerprint density at radius 2 is 1.79 bits per heavy atom. The second-order valence-electron chi connectivity index (χ2n) is 5.32. The van der Waals surface area contributed by atoms with E-state index in [9.17, 15) is 13.7 Å². The van der Waals surface area contributed by atoms with E-state index >= 15 is 0 Å². The van der Waals surface area contributed by atoms with Crippen molar-refractivity contribution in [2.24, 2.45) is 0 Å². The molecule has 1 aromatic heterocycles. The number of fused-ring (bicyclic) bond motifs is 1. The van der Waals surface area contributed by atoms with Crippen molar-refractivity contribution in [3.8, 4) is 6.07 Å². The van der Waals surface area contributed by atoms with Crippen molar-refractivity contribution in [1.82, 2.24) is 4.57 Å². The molecule has 3 rings (SSSR count). The Kier molecular flexibility index (Phi) is 4.24. The summed E-state index contributed by atoms with van der Waals surface area (Å²) in [4.78, 5) is -0.135. The van der Waals surface area contributed by atoms with E-state index < -0.39 is 9.84 Å². The van der Waals surface area contributed by atoms with E-state index in [0.29, 0.717) is 0 Å². The lowest BCUT2D eigenvalue weighted by Crippen LogP contribution is -2.03. The number of para-hydroxylation sites is 1. The van der Waals surface area contributed by atoms with Crippen LogP contribution < -0.4 is 0 Å². The Labute approximate surface area is 141 Å². The van der Waals surface area contributed by atoms with Gasteiger partial charge in [-0.25, -0.2) is 8.42 Å². The monoisotopic (exact) mass is 336 g/mol. The van der Waals surface area contributed by atoms with Crippen LogP contribution in [0.15, 0.2) is 70.6 Å². The summed E-state index contributed by atoms with van der Waals surface area (Å²) in [6.45, 7) is 2.79. The predicted molar refractivity (Wildman–Crippen MR) is 94.8 cm³/mol. The molecule has 0 N–H and O–H groups in total. The lowest BCUT2D eigenvalue weighted by Gasteiger charge is -2.02. The van der Waals surface area contributed by atoms with Gasteiger partial charge in [-0.2, -0.15) is 5.26 Å². The van der Waals surface area contributed by atoms with Crippen LogP contribution in [0.1, 0.15) is 12.5 Å². The molecule has 0 radical (unpaired) electrons. The predicted octanol–water partition coefficient (Wildman–Crippen LogP) is 4.00. The third-order valence-corrected chi connectivity index (χ3v) is 5.58. The van der Waals surface area contributed by atoms with Gasteiger partial charge < -0.3 is 4.57 Å². The molecule has 3 aromatic rings. The van der Waals surface area contributed by atoms with Gasteiger partial charge in [-0.3, -0.25) is 0 Å². The van der Waals surface area contributed by atoms with Crippen LogP contribution in [0.25, 0.3) is 17.0 Å². The topological polar surface area (TPSA) is 62.9 Å². The molecule has 1 heterocycles. The van der Waals surface area contributed by atoms with E-state index in [4.69, 9.17) is 0 Å². The summed E-state index contributed by atoms with van der Waals surface area (Å²) < 4.78 is 27.4. The van der Waals surface area contributed by atoms with E-state index in [1.165, 1.54) is 18.2 Å². The van der Waals surface area contributed by atoms with Crippen LogP contribution in [0.2, 0.25) is 0 Å². The Morgan fingerprint density at radius 3 is 2.46 bits per heavy atom. The summed E-state index contributed by atoms with van der Waals surface area (Å²) in [7, 11) is -3.82. The molecular weight excluding hydrogens is 320 g/mol. The van der Waals surface area contributed by atoms with Gasteiger partial charge in [0.15, 0.2) is 0 Å². The molecule has 24 heavy (non-hydrogen) atoms. The molecule has 0 saturated carbocycles. The zero-order chi connectivity index (χ0) is 17.2. The molecule has 2 aromatic carbocycles. The second-order valence-corrected chi connectivity index (χ2v) is 7.24. The molecule has 0 unspecified atom stereocenters. The summed E-state index contributed by atoms with van der Waals surface area (Å²) in [5.74, 6) is 0. The molecule has 0 bridgehead atoms. The number of aromatic nitrogens is 1. The van der Waals surface area contributed by atoms with E-state index in [-0.39, 0.29) is 9.80 Å². The Balaban J connectivity index is 2.18. The number of sulfone groups is 1. The molecule has 0 aliphatic rings. The highest BCUT2D eigenvalue weighted by atomic mass is 32.2. The fraction of sp³-hybridized carbons (Fsp3) is 0.105. The van der Waals surface area contributed by atoms with E-state index in [0.717, 1.165) is 23.0 Å². The van der Waals surface area contributed by atoms with Crippen LogP contribution in [0, 0.1) is 11.3 Å². The number of benzene rings is 2. The molecule has 0 fully saturated rings. The first-order valence-corrected chi connectivity index (χ1v) is 9.06. The van der Waals surface area contributed by atoms with Crippen molar-refractivity contribution >= 4 is 26.8 Å². The second kappa shape index (κ2) is 6.34. The Hall–Kier alpha value is -2.84. The highest BCUT2D eigenvalue weighted by Crippen LogP contribution is 2.26. The molecule has 5 heteroatoms. The van der Waals surface area contributed by atoms with Gasteiger partial charge in [-0.1, -0.05) is 36.4 Å². The van der Waals surface area contributed by atoms with E-state index in [1.807, 2.05) is 48.0 Å². The number of hydrogen-bond donors (Lipinski definition) is 0. The Morgan fingerprint density at radius 1 is 1.12 bits per heavy atom. The van der Waals surface area contributed by atoms with Crippen LogP contribution in [0.5, 0.6) is 0 Å². The zero-order valence-corrected chi connectivity index (χ0v) is 14.0. The highest BCUT2D eigenvalue weighted by Gasteiger charge is 2.21. The van der Waals surface area contributed by atoms with Crippen LogP contribution in [0.4, 0.5) is 0 Å². The van der Waals surface area contributed by atoms with Gasteiger partial charge in [0.2, 0.25) is 9.84 Å². The maximum Gasteiger partial charge on any atom is 0.216 e. The van der Waals surface area contributed by atoms with Gasteiger partial charge in [0.1, 0.15) is 11.0 Å². The molecule has 4 nitrogen and oxygen atoms in total.